The van der Waals surface area contributed by atoms with Gasteiger partial charge in [0.1, 0.15) is 6.10 Å². The molecule has 0 heterocycles. The van der Waals surface area contributed by atoms with E-state index in [1.165, 1.54) is 19.3 Å². The average molecular weight is 515 g/mol. The van der Waals surface area contributed by atoms with Crippen molar-refractivity contribution in [3.63, 3.8) is 0 Å². The van der Waals surface area contributed by atoms with Crippen LogP contribution in [0.3, 0.4) is 0 Å². The lowest BCUT2D eigenvalue weighted by Gasteiger charge is -2.69. The summed E-state index contributed by atoms with van der Waals surface area (Å²) in [5.74, 6) is 2.16. The predicted molar refractivity (Wildman–Crippen MR) is 148 cm³/mol. The van der Waals surface area contributed by atoms with E-state index in [0.29, 0.717) is 23.7 Å². The van der Waals surface area contributed by atoms with E-state index in [1.807, 2.05) is 0 Å². The molecule has 0 amide bonds. The van der Waals surface area contributed by atoms with Gasteiger partial charge in [-0.3, -0.25) is 4.79 Å². The Balaban J connectivity index is 1.55. The Morgan fingerprint density at radius 2 is 1.76 bits per heavy atom. The molecule has 0 unspecified atom stereocenters. The highest BCUT2D eigenvalue weighted by Gasteiger charge is 2.71. The summed E-state index contributed by atoms with van der Waals surface area (Å²) < 4.78 is 5.87. The number of ether oxygens (including phenoxy) is 1. The van der Waals surface area contributed by atoms with Crippen molar-refractivity contribution in [2.24, 2.45) is 56.7 Å². The molecule has 37 heavy (non-hydrogen) atoms. The molecule has 210 valence electrons. The maximum atomic E-state index is 11.9. The van der Waals surface area contributed by atoms with Crippen LogP contribution in [0.2, 0.25) is 0 Å². The standard InChI is InChI=1S/C33H54O4/c1-20(2)24-19-25(36)28-32(8)14-11-22-23(31(32,7)15-16-33(24,28)17-18-34)9-10-26-29(4,5)27(37-21(3)35)12-13-30(22,26)6/h11,20,23-28,34,36H,9-10,12-19H2,1-8H3/t23-,24+,25-,26+,27+,28-,30-,31+,32-,33-/m1/s1. The van der Waals surface area contributed by atoms with Gasteiger partial charge in [0.2, 0.25) is 0 Å². The fraction of sp³-hybridized carbons (Fsp3) is 0.909. The first-order chi connectivity index (χ1) is 17.2. The smallest absolute Gasteiger partial charge is 0.302 e. The molecule has 0 saturated heterocycles. The van der Waals surface area contributed by atoms with Crippen molar-refractivity contribution in [1.82, 2.24) is 0 Å². The van der Waals surface area contributed by atoms with E-state index in [2.05, 4.69) is 54.5 Å². The van der Waals surface area contributed by atoms with Crippen LogP contribution in [-0.2, 0) is 9.53 Å². The van der Waals surface area contributed by atoms with Crippen molar-refractivity contribution >= 4 is 5.97 Å². The largest absolute Gasteiger partial charge is 0.462 e. The Bertz CT molecular complexity index is 952. The van der Waals surface area contributed by atoms with E-state index in [-0.39, 0.29) is 57.8 Å². The summed E-state index contributed by atoms with van der Waals surface area (Å²) in [5.41, 5.74) is 2.01. The molecule has 4 nitrogen and oxygen atoms in total. The highest BCUT2D eigenvalue weighted by Crippen LogP contribution is 2.77. The zero-order valence-corrected chi connectivity index (χ0v) is 24.9. The third-order valence-corrected chi connectivity index (χ3v) is 13.7. The molecule has 0 bridgehead atoms. The zero-order valence-electron chi connectivity index (χ0n) is 24.9. The summed E-state index contributed by atoms with van der Waals surface area (Å²) in [5, 5.41) is 22.0. The van der Waals surface area contributed by atoms with Crippen LogP contribution >= 0.6 is 0 Å². The number of fused-ring (bicyclic) bond motifs is 7. The van der Waals surface area contributed by atoms with Crippen molar-refractivity contribution in [1.29, 1.82) is 0 Å². The van der Waals surface area contributed by atoms with E-state index < -0.39 is 0 Å². The van der Waals surface area contributed by atoms with Crippen molar-refractivity contribution in [2.45, 2.75) is 125 Å². The Morgan fingerprint density at radius 3 is 2.38 bits per heavy atom. The van der Waals surface area contributed by atoms with E-state index in [4.69, 9.17) is 4.74 Å². The topological polar surface area (TPSA) is 66.8 Å². The second kappa shape index (κ2) is 8.82. The van der Waals surface area contributed by atoms with E-state index in [1.54, 1.807) is 12.5 Å². The number of carbonyl (C=O) groups excluding carboxylic acids is 1. The van der Waals surface area contributed by atoms with Gasteiger partial charge >= 0.3 is 5.97 Å². The minimum absolute atomic E-state index is 0.0000459. The van der Waals surface area contributed by atoms with Gasteiger partial charge in [-0.15, -0.1) is 0 Å². The fourth-order valence-corrected chi connectivity index (χ4v) is 12.0. The number of hydrogen-bond acceptors (Lipinski definition) is 4. The Morgan fingerprint density at radius 1 is 1.05 bits per heavy atom. The van der Waals surface area contributed by atoms with E-state index >= 15 is 0 Å². The van der Waals surface area contributed by atoms with E-state index in [9.17, 15) is 15.0 Å². The molecule has 0 aromatic rings. The number of esters is 1. The van der Waals surface area contributed by atoms with Gasteiger partial charge in [0.15, 0.2) is 0 Å². The predicted octanol–water partition coefficient (Wildman–Crippen LogP) is 6.93. The normalized spacial score (nSPS) is 50.4. The Labute approximate surface area is 226 Å². The summed E-state index contributed by atoms with van der Waals surface area (Å²) in [6, 6.07) is 0. The Kier molecular flexibility index (Phi) is 6.60. The van der Waals surface area contributed by atoms with Crippen LogP contribution in [-0.4, -0.2) is 35.0 Å². The summed E-state index contributed by atoms with van der Waals surface area (Å²) in [6.07, 6.45) is 11.8. The van der Waals surface area contributed by atoms with Crippen LogP contribution in [0, 0.1) is 56.7 Å². The van der Waals surface area contributed by atoms with Crippen molar-refractivity contribution in [2.75, 3.05) is 6.61 Å². The molecule has 0 aliphatic heterocycles. The van der Waals surface area contributed by atoms with Gasteiger partial charge in [-0.25, -0.2) is 0 Å². The third-order valence-electron chi connectivity index (χ3n) is 13.7. The van der Waals surface area contributed by atoms with Crippen LogP contribution in [0.25, 0.3) is 0 Å². The second-order valence-corrected chi connectivity index (χ2v) is 15.6. The van der Waals surface area contributed by atoms with Gasteiger partial charge < -0.3 is 14.9 Å². The van der Waals surface area contributed by atoms with Crippen molar-refractivity contribution in [3.8, 4) is 0 Å². The Hall–Kier alpha value is -0.870. The first-order valence-corrected chi connectivity index (χ1v) is 15.4. The quantitative estimate of drug-likeness (QED) is 0.315. The molecule has 4 fully saturated rings. The molecule has 4 heteroatoms. The van der Waals surface area contributed by atoms with Crippen LogP contribution < -0.4 is 0 Å². The van der Waals surface area contributed by atoms with Crippen molar-refractivity contribution < 1.29 is 19.7 Å². The molecule has 0 radical (unpaired) electrons. The SMILES string of the molecule is CC(=O)O[C@H]1CC[C@]2(C)C3=CC[C@]4(C)[C@H]5[C@H](O)C[C@@H](C(C)C)[C@]5(CCO)CC[C@@]4(C)[C@@H]3CC[C@H]2C1(C)C. The molecule has 10 atom stereocenters. The first kappa shape index (κ1) is 27.7. The van der Waals surface area contributed by atoms with Gasteiger partial charge in [0, 0.05) is 18.9 Å². The number of aliphatic hydroxyl groups excluding tert-OH is 2. The van der Waals surface area contributed by atoms with Gasteiger partial charge in [0.05, 0.1) is 6.10 Å². The molecule has 5 aliphatic carbocycles. The number of carbonyl (C=O) groups is 1. The molecule has 5 rings (SSSR count). The lowest BCUT2D eigenvalue weighted by Crippen LogP contribution is -2.63. The van der Waals surface area contributed by atoms with Crippen LogP contribution in [0.5, 0.6) is 0 Å². The minimum Gasteiger partial charge on any atom is -0.462 e. The second-order valence-electron chi connectivity index (χ2n) is 15.6. The summed E-state index contributed by atoms with van der Waals surface area (Å²) >= 11 is 0. The maximum Gasteiger partial charge on any atom is 0.302 e. The minimum atomic E-state index is -0.274. The molecular formula is C33H54O4. The van der Waals surface area contributed by atoms with Gasteiger partial charge in [-0.05, 0) is 109 Å². The molecule has 0 spiro atoms. The van der Waals surface area contributed by atoms with Crippen molar-refractivity contribution in [3.05, 3.63) is 11.6 Å². The lowest BCUT2D eigenvalue weighted by molar-refractivity contribution is -0.192. The molecule has 0 aromatic carbocycles. The van der Waals surface area contributed by atoms with Gasteiger partial charge in [0.25, 0.3) is 0 Å². The maximum absolute atomic E-state index is 11.9. The molecule has 4 saturated carbocycles. The van der Waals surface area contributed by atoms with E-state index in [0.717, 1.165) is 38.5 Å². The lowest BCUT2D eigenvalue weighted by atomic mass is 9.35. The average Bonchev–Trinajstić information content (AvgIpc) is 3.10. The van der Waals surface area contributed by atoms with Crippen LogP contribution in [0.15, 0.2) is 11.6 Å². The highest BCUT2D eigenvalue weighted by molar-refractivity contribution is 5.66. The number of aliphatic hydroxyl groups is 2. The summed E-state index contributed by atoms with van der Waals surface area (Å²) in [6.45, 7) is 18.7. The molecule has 5 aliphatic rings. The summed E-state index contributed by atoms with van der Waals surface area (Å²) in [4.78, 5) is 11.9. The molecule has 2 N–H and O–H groups in total. The number of allylic oxidation sites excluding steroid dienone is 2. The zero-order chi connectivity index (χ0) is 27.2. The first-order valence-electron chi connectivity index (χ1n) is 15.4. The van der Waals surface area contributed by atoms with Crippen LogP contribution in [0.1, 0.15) is 113 Å². The van der Waals surface area contributed by atoms with Crippen LogP contribution in [0.4, 0.5) is 0 Å². The molecule has 0 aromatic heterocycles. The third kappa shape index (κ3) is 3.56. The highest BCUT2D eigenvalue weighted by atomic mass is 16.5. The van der Waals surface area contributed by atoms with Gasteiger partial charge in [-0.2, -0.15) is 0 Å². The number of rotatable bonds is 4. The molecular weight excluding hydrogens is 460 g/mol. The monoisotopic (exact) mass is 514 g/mol. The number of hydrogen-bond donors (Lipinski definition) is 2. The summed E-state index contributed by atoms with van der Waals surface area (Å²) in [7, 11) is 0. The van der Waals surface area contributed by atoms with Gasteiger partial charge in [-0.1, -0.05) is 60.1 Å². The fourth-order valence-electron chi connectivity index (χ4n) is 12.0.